The molecule has 0 unspecified atom stereocenters. The topological polar surface area (TPSA) is 81.9 Å². The zero-order valence-corrected chi connectivity index (χ0v) is 19.8. The number of amides is 1. The van der Waals surface area contributed by atoms with Gasteiger partial charge in [0.05, 0.1) is 24.1 Å². The summed E-state index contributed by atoms with van der Waals surface area (Å²) >= 11 is 8.88. The SMILES string of the molecule is CCn1c(SCC(=O)Nc2nc(-c3ccccc3)cs2)nnc1-c1cc(Cl)ccc1OC. The molecule has 0 radical (unpaired) electrons. The van der Waals surface area contributed by atoms with E-state index in [2.05, 4.69) is 20.5 Å². The Morgan fingerprint density at radius 2 is 2.03 bits per heavy atom. The molecule has 0 atom stereocenters. The van der Waals surface area contributed by atoms with Gasteiger partial charge in [-0.2, -0.15) is 0 Å². The van der Waals surface area contributed by atoms with E-state index in [1.165, 1.54) is 23.1 Å². The monoisotopic (exact) mass is 485 g/mol. The molecule has 4 rings (SSSR count). The molecule has 0 saturated carbocycles. The molecule has 0 saturated heterocycles. The number of ether oxygens (including phenoxy) is 1. The van der Waals surface area contributed by atoms with Crippen molar-refractivity contribution in [2.24, 2.45) is 0 Å². The maximum atomic E-state index is 12.5. The van der Waals surface area contributed by atoms with Gasteiger partial charge in [0.15, 0.2) is 16.1 Å². The highest BCUT2D eigenvalue weighted by molar-refractivity contribution is 7.99. The van der Waals surface area contributed by atoms with Crippen LogP contribution in [0.4, 0.5) is 5.13 Å². The van der Waals surface area contributed by atoms with Gasteiger partial charge < -0.3 is 14.6 Å². The normalized spacial score (nSPS) is 10.8. The van der Waals surface area contributed by atoms with Crippen LogP contribution in [0, 0.1) is 0 Å². The molecule has 2 aromatic heterocycles. The Morgan fingerprint density at radius 3 is 2.78 bits per heavy atom. The molecule has 0 aliphatic carbocycles. The molecule has 0 spiro atoms. The molecule has 0 aliphatic heterocycles. The van der Waals surface area contributed by atoms with Crippen LogP contribution >= 0.6 is 34.7 Å². The van der Waals surface area contributed by atoms with Crippen LogP contribution in [-0.4, -0.2) is 38.5 Å². The van der Waals surface area contributed by atoms with Gasteiger partial charge in [-0.3, -0.25) is 4.79 Å². The fraction of sp³-hybridized carbons (Fsp3) is 0.182. The first-order valence-corrected chi connectivity index (χ1v) is 12.0. The van der Waals surface area contributed by atoms with E-state index in [4.69, 9.17) is 16.3 Å². The molecule has 0 aliphatic rings. The third-order valence-electron chi connectivity index (χ3n) is 4.59. The molecule has 4 aromatic rings. The molecule has 2 heterocycles. The number of methoxy groups -OCH3 is 1. The smallest absolute Gasteiger partial charge is 0.236 e. The summed E-state index contributed by atoms with van der Waals surface area (Å²) in [6, 6.07) is 15.2. The second-order valence-corrected chi connectivity index (χ2v) is 8.87. The van der Waals surface area contributed by atoms with Gasteiger partial charge in [0, 0.05) is 22.5 Å². The number of halogens is 1. The lowest BCUT2D eigenvalue weighted by Gasteiger charge is -2.11. The molecule has 1 amide bonds. The van der Waals surface area contributed by atoms with E-state index in [1.54, 1.807) is 25.3 Å². The van der Waals surface area contributed by atoms with Crippen LogP contribution < -0.4 is 10.1 Å². The quantitative estimate of drug-likeness (QED) is 0.333. The van der Waals surface area contributed by atoms with Crippen molar-refractivity contribution in [3.05, 3.63) is 58.9 Å². The summed E-state index contributed by atoms with van der Waals surface area (Å²) < 4.78 is 7.38. The van der Waals surface area contributed by atoms with Gasteiger partial charge in [0.1, 0.15) is 5.75 Å². The zero-order chi connectivity index (χ0) is 22.5. The van der Waals surface area contributed by atoms with Gasteiger partial charge in [-0.15, -0.1) is 21.5 Å². The van der Waals surface area contributed by atoms with Crippen LogP contribution in [0.2, 0.25) is 5.02 Å². The third kappa shape index (κ3) is 4.95. The van der Waals surface area contributed by atoms with Crippen molar-refractivity contribution < 1.29 is 9.53 Å². The van der Waals surface area contributed by atoms with Gasteiger partial charge >= 0.3 is 0 Å². The first kappa shape index (κ1) is 22.3. The highest BCUT2D eigenvalue weighted by atomic mass is 35.5. The Bertz CT molecular complexity index is 1230. The number of aromatic nitrogens is 4. The molecule has 10 heteroatoms. The number of benzene rings is 2. The zero-order valence-electron chi connectivity index (χ0n) is 17.4. The second-order valence-electron chi connectivity index (χ2n) is 6.64. The van der Waals surface area contributed by atoms with E-state index in [-0.39, 0.29) is 11.7 Å². The van der Waals surface area contributed by atoms with Crippen molar-refractivity contribution in [3.8, 4) is 28.4 Å². The van der Waals surface area contributed by atoms with Crippen LogP contribution in [0.25, 0.3) is 22.6 Å². The number of carbonyl (C=O) groups excluding carboxylic acids is 1. The van der Waals surface area contributed by atoms with E-state index >= 15 is 0 Å². The average Bonchev–Trinajstić information content (AvgIpc) is 3.45. The molecule has 2 aromatic carbocycles. The lowest BCUT2D eigenvalue weighted by atomic mass is 10.2. The van der Waals surface area contributed by atoms with Crippen molar-refractivity contribution in [1.82, 2.24) is 19.7 Å². The Morgan fingerprint density at radius 1 is 1.22 bits per heavy atom. The fourth-order valence-electron chi connectivity index (χ4n) is 3.09. The molecule has 164 valence electrons. The summed E-state index contributed by atoms with van der Waals surface area (Å²) in [6.07, 6.45) is 0. The van der Waals surface area contributed by atoms with E-state index in [0.717, 1.165) is 16.8 Å². The Labute approximate surface area is 198 Å². The van der Waals surface area contributed by atoms with Gasteiger partial charge in [-0.25, -0.2) is 4.98 Å². The molecule has 1 N–H and O–H groups in total. The predicted molar refractivity (Wildman–Crippen MR) is 130 cm³/mol. The first-order chi connectivity index (χ1) is 15.6. The summed E-state index contributed by atoms with van der Waals surface area (Å²) in [5, 5.41) is 15.2. The summed E-state index contributed by atoms with van der Waals surface area (Å²) in [6.45, 7) is 2.63. The minimum Gasteiger partial charge on any atom is -0.496 e. The van der Waals surface area contributed by atoms with E-state index in [1.807, 2.05) is 47.2 Å². The molecule has 0 bridgehead atoms. The highest BCUT2D eigenvalue weighted by Gasteiger charge is 2.18. The predicted octanol–water partition coefficient (Wildman–Crippen LogP) is 5.48. The Balaban J connectivity index is 1.44. The largest absolute Gasteiger partial charge is 0.496 e. The summed E-state index contributed by atoms with van der Waals surface area (Å²) in [4.78, 5) is 17.0. The van der Waals surface area contributed by atoms with Crippen molar-refractivity contribution in [3.63, 3.8) is 0 Å². The Hall–Kier alpha value is -2.88. The van der Waals surface area contributed by atoms with E-state index < -0.39 is 0 Å². The summed E-state index contributed by atoms with van der Waals surface area (Å²) in [7, 11) is 1.60. The maximum absolute atomic E-state index is 12.5. The number of hydrogen-bond donors (Lipinski definition) is 1. The minimum atomic E-state index is -0.156. The standard InChI is InChI=1S/C22H20ClN5O2S2/c1-3-28-20(16-11-15(23)9-10-18(16)30-2)26-27-22(28)32-13-19(29)25-21-24-17(12-31-21)14-7-5-4-6-8-14/h4-12H,3,13H2,1-2H3,(H,24,25,29). The summed E-state index contributed by atoms with van der Waals surface area (Å²) in [5.74, 6) is 1.33. The van der Waals surface area contributed by atoms with Gasteiger partial charge in [0.2, 0.25) is 5.91 Å². The van der Waals surface area contributed by atoms with Crippen LogP contribution in [0.3, 0.4) is 0 Å². The van der Waals surface area contributed by atoms with E-state index in [9.17, 15) is 4.79 Å². The van der Waals surface area contributed by atoms with Crippen molar-refractivity contribution >= 4 is 45.7 Å². The first-order valence-electron chi connectivity index (χ1n) is 9.79. The van der Waals surface area contributed by atoms with Crippen molar-refractivity contribution in [2.45, 2.75) is 18.6 Å². The van der Waals surface area contributed by atoms with Crippen LogP contribution in [0.1, 0.15) is 6.92 Å². The highest BCUT2D eigenvalue weighted by Crippen LogP contribution is 2.33. The number of nitrogens with zero attached hydrogens (tertiary/aromatic N) is 4. The Kier molecular flexibility index (Phi) is 7.09. The fourth-order valence-corrected chi connectivity index (χ4v) is 4.80. The number of nitrogens with one attached hydrogen (secondary N) is 1. The van der Waals surface area contributed by atoms with E-state index in [0.29, 0.717) is 33.4 Å². The minimum absolute atomic E-state index is 0.156. The maximum Gasteiger partial charge on any atom is 0.236 e. The lowest BCUT2D eigenvalue weighted by molar-refractivity contribution is -0.113. The molecule has 0 fully saturated rings. The van der Waals surface area contributed by atoms with Gasteiger partial charge in [0.25, 0.3) is 0 Å². The van der Waals surface area contributed by atoms with Crippen LogP contribution in [0.15, 0.2) is 59.1 Å². The lowest BCUT2D eigenvalue weighted by Crippen LogP contribution is -2.14. The molecule has 32 heavy (non-hydrogen) atoms. The van der Waals surface area contributed by atoms with Crippen LogP contribution in [-0.2, 0) is 11.3 Å². The van der Waals surface area contributed by atoms with Crippen LogP contribution in [0.5, 0.6) is 5.75 Å². The van der Waals surface area contributed by atoms with Gasteiger partial charge in [-0.1, -0.05) is 53.7 Å². The molecule has 7 nitrogen and oxygen atoms in total. The molecular formula is C22H20ClN5O2S2. The number of rotatable bonds is 8. The van der Waals surface area contributed by atoms with Crippen molar-refractivity contribution in [1.29, 1.82) is 0 Å². The third-order valence-corrected chi connectivity index (χ3v) is 6.55. The second kappa shape index (κ2) is 10.2. The van der Waals surface area contributed by atoms with Gasteiger partial charge in [-0.05, 0) is 25.1 Å². The number of thioether (sulfide) groups is 1. The van der Waals surface area contributed by atoms with Crippen molar-refractivity contribution in [2.75, 3.05) is 18.2 Å². The summed E-state index contributed by atoms with van der Waals surface area (Å²) in [5.41, 5.74) is 2.60. The number of carbonyl (C=O) groups is 1. The molecular weight excluding hydrogens is 466 g/mol. The number of thiazole rings is 1. The number of hydrogen-bond acceptors (Lipinski definition) is 7. The number of anilines is 1. The average molecular weight is 486 g/mol.